The average molecular weight is 422 g/mol. The molecule has 6 nitrogen and oxygen atoms in total. The molecule has 1 saturated carbocycles. The largest absolute Gasteiger partial charge is 0.341 e. The lowest BCUT2D eigenvalue weighted by Gasteiger charge is -2.31. The van der Waals surface area contributed by atoms with Gasteiger partial charge in [-0.2, -0.15) is 0 Å². The van der Waals surface area contributed by atoms with Crippen LogP contribution in [0.1, 0.15) is 38.6 Å². The molecule has 0 bridgehead atoms. The van der Waals surface area contributed by atoms with E-state index in [9.17, 15) is 4.79 Å². The fourth-order valence-corrected chi connectivity index (χ4v) is 4.90. The molecule has 7 heteroatoms. The molecule has 1 saturated heterocycles. The van der Waals surface area contributed by atoms with Crippen molar-refractivity contribution in [1.82, 2.24) is 14.8 Å². The van der Waals surface area contributed by atoms with Crippen molar-refractivity contribution in [1.29, 1.82) is 0 Å². The fourth-order valence-electron chi connectivity index (χ4n) is 4.10. The van der Waals surface area contributed by atoms with Gasteiger partial charge in [-0.3, -0.25) is 9.36 Å². The lowest BCUT2D eigenvalue weighted by atomic mass is 10.00. The number of thioether (sulfide) groups is 1. The third kappa shape index (κ3) is 4.03. The number of aromatic nitrogens is 3. The van der Waals surface area contributed by atoms with Gasteiger partial charge < -0.3 is 10.2 Å². The van der Waals surface area contributed by atoms with Gasteiger partial charge in [0.05, 0.1) is 5.75 Å². The predicted octanol–water partition coefficient (Wildman–Crippen LogP) is 4.73. The summed E-state index contributed by atoms with van der Waals surface area (Å²) >= 11 is 1.48. The highest BCUT2D eigenvalue weighted by atomic mass is 32.2. The van der Waals surface area contributed by atoms with Crippen molar-refractivity contribution in [3.63, 3.8) is 0 Å². The highest BCUT2D eigenvalue weighted by molar-refractivity contribution is 7.99. The topological polar surface area (TPSA) is 63.1 Å². The number of hydrogen-bond acceptors (Lipinski definition) is 5. The molecule has 30 heavy (non-hydrogen) atoms. The summed E-state index contributed by atoms with van der Waals surface area (Å²) in [6.07, 6.45) is 4.75. The molecule has 2 aromatic carbocycles. The second-order valence-electron chi connectivity index (χ2n) is 8.42. The van der Waals surface area contributed by atoms with E-state index in [2.05, 4.69) is 44.0 Å². The van der Waals surface area contributed by atoms with Crippen LogP contribution >= 0.6 is 11.8 Å². The number of rotatable bonds is 6. The number of benzene rings is 2. The van der Waals surface area contributed by atoms with Crippen LogP contribution in [-0.4, -0.2) is 39.5 Å². The van der Waals surface area contributed by atoms with Crippen molar-refractivity contribution in [3.8, 4) is 0 Å². The molecule has 2 heterocycles. The predicted molar refractivity (Wildman–Crippen MR) is 122 cm³/mol. The van der Waals surface area contributed by atoms with E-state index in [0.717, 1.165) is 46.6 Å². The number of nitrogens with one attached hydrogen (secondary N) is 1. The van der Waals surface area contributed by atoms with E-state index >= 15 is 0 Å². The molecule has 0 atom stereocenters. The Morgan fingerprint density at radius 1 is 1.07 bits per heavy atom. The van der Waals surface area contributed by atoms with Gasteiger partial charge in [-0.15, -0.1) is 10.2 Å². The highest BCUT2D eigenvalue weighted by Gasteiger charge is 2.32. The number of anilines is 2. The van der Waals surface area contributed by atoms with Gasteiger partial charge >= 0.3 is 0 Å². The fraction of sp³-hybridized carbons (Fsp3) is 0.435. The van der Waals surface area contributed by atoms with Crippen molar-refractivity contribution in [2.45, 2.75) is 43.8 Å². The van der Waals surface area contributed by atoms with Gasteiger partial charge in [-0.25, -0.2) is 0 Å². The second-order valence-corrected chi connectivity index (χ2v) is 9.36. The number of hydrogen-bond donors (Lipinski definition) is 1. The molecule has 0 spiro atoms. The monoisotopic (exact) mass is 421 g/mol. The maximum absolute atomic E-state index is 12.7. The quantitative estimate of drug-likeness (QED) is 0.583. The summed E-state index contributed by atoms with van der Waals surface area (Å²) in [5, 5.41) is 15.1. The van der Waals surface area contributed by atoms with E-state index < -0.39 is 0 Å². The Kier molecular flexibility index (Phi) is 5.37. The number of carbonyl (C=O) groups excluding carboxylic acids is 1. The SMILES string of the molecule is CC1CCN(c2nnc(SCC(=O)Nc3cccc4ccccc34)n2C2CC2)CC1. The number of amides is 1. The van der Waals surface area contributed by atoms with Crippen molar-refractivity contribution >= 4 is 40.1 Å². The van der Waals surface area contributed by atoms with Gasteiger partial charge in [0.2, 0.25) is 11.9 Å². The number of fused-ring (bicyclic) bond motifs is 1. The van der Waals surface area contributed by atoms with Crippen LogP contribution in [0, 0.1) is 5.92 Å². The van der Waals surface area contributed by atoms with E-state index in [-0.39, 0.29) is 5.91 Å². The van der Waals surface area contributed by atoms with Crippen LogP contribution in [0.2, 0.25) is 0 Å². The zero-order chi connectivity index (χ0) is 20.5. The highest BCUT2D eigenvalue weighted by Crippen LogP contribution is 2.41. The van der Waals surface area contributed by atoms with Crippen molar-refractivity contribution < 1.29 is 4.79 Å². The van der Waals surface area contributed by atoms with E-state index in [0.29, 0.717) is 11.8 Å². The maximum Gasteiger partial charge on any atom is 0.234 e. The zero-order valence-corrected chi connectivity index (χ0v) is 18.1. The number of piperidine rings is 1. The normalized spacial score (nSPS) is 17.4. The summed E-state index contributed by atoms with van der Waals surface area (Å²) in [4.78, 5) is 15.0. The molecule has 2 aliphatic rings. The van der Waals surface area contributed by atoms with E-state index in [1.165, 1.54) is 37.4 Å². The van der Waals surface area contributed by atoms with Crippen LogP contribution < -0.4 is 10.2 Å². The Bertz CT molecular complexity index is 1050. The van der Waals surface area contributed by atoms with Crippen molar-refractivity contribution in [2.75, 3.05) is 29.1 Å². The van der Waals surface area contributed by atoms with Gasteiger partial charge in [-0.1, -0.05) is 55.1 Å². The molecule has 1 amide bonds. The standard InChI is InChI=1S/C23H27N5OS/c1-16-11-13-27(14-12-16)22-25-26-23(28(22)18-9-10-18)30-15-21(29)24-20-8-4-6-17-5-2-3-7-19(17)20/h2-8,16,18H,9-15H2,1H3,(H,24,29). The smallest absolute Gasteiger partial charge is 0.234 e. The van der Waals surface area contributed by atoms with Crippen molar-refractivity contribution in [3.05, 3.63) is 42.5 Å². The second kappa shape index (κ2) is 8.30. The third-order valence-corrected chi connectivity index (χ3v) is 6.96. The molecular formula is C23H27N5OS. The van der Waals surface area contributed by atoms with Crippen LogP contribution in [0.3, 0.4) is 0 Å². The Labute approximate surface area is 181 Å². The van der Waals surface area contributed by atoms with Gasteiger partial charge in [0.25, 0.3) is 0 Å². The summed E-state index contributed by atoms with van der Waals surface area (Å²) in [7, 11) is 0. The maximum atomic E-state index is 12.7. The first-order chi connectivity index (χ1) is 14.7. The molecule has 1 aliphatic carbocycles. The van der Waals surface area contributed by atoms with Crippen LogP contribution in [-0.2, 0) is 4.79 Å². The van der Waals surface area contributed by atoms with Gasteiger partial charge in [0.15, 0.2) is 5.16 Å². The molecule has 5 rings (SSSR count). The minimum atomic E-state index is -0.0185. The summed E-state index contributed by atoms with van der Waals surface area (Å²) in [5.41, 5.74) is 0.852. The molecule has 3 aromatic rings. The molecule has 1 aliphatic heterocycles. The summed E-state index contributed by atoms with van der Waals surface area (Å²) < 4.78 is 2.27. The Balaban J connectivity index is 1.27. The third-order valence-electron chi connectivity index (χ3n) is 6.02. The molecule has 0 unspecified atom stereocenters. The van der Waals surface area contributed by atoms with Gasteiger partial charge in [0.1, 0.15) is 0 Å². The van der Waals surface area contributed by atoms with E-state index in [4.69, 9.17) is 0 Å². The lowest BCUT2D eigenvalue weighted by Crippen LogP contribution is -2.34. The zero-order valence-electron chi connectivity index (χ0n) is 17.3. The van der Waals surface area contributed by atoms with Gasteiger partial charge in [0, 0.05) is 30.2 Å². The number of carbonyl (C=O) groups is 1. The average Bonchev–Trinajstić information content (AvgIpc) is 3.52. The molecule has 1 N–H and O–H groups in total. The Morgan fingerprint density at radius 3 is 2.63 bits per heavy atom. The van der Waals surface area contributed by atoms with Crippen LogP contribution in [0.5, 0.6) is 0 Å². The van der Waals surface area contributed by atoms with E-state index in [1.54, 1.807) is 0 Å². The Hall–Kier alpha value is -2.54. The summed E-state index contributed by atoms with van der Waals surface area (Å²) in [6.45, 7) is 4.40. The minimum Gasteiger partial charge on any atom is -0.341 e. The van der Waals surface area contributed by atoms with Crippen LogP contribution in [0.4, 0.5) is 11.6 Å². The first-order valence-corrected chi connectivity index (χ1v) is 11.8. The number of nitrogens with zero attached hydrogens (tertiary/aromatic N) is 4. The van der Waals surface area contributed by atoms with E-state index in [1.807, 2.05) is 30.3 Å². The van der Waals surface area contributed by atoms with Gasteiger partial charge in [-0.05, 0) is 43.1 Å². The van der Waals surface area contributed by atoms with Crippen LogP contribution in [0.15, 0.2) is 47.6 Å². The molecular weight excluding hydrogens is 394 g/mol. The molecule has 0 radical (unpaired) electrons. The summed E-state index contributed by atoms with van der Waals surface area (Å²) in [5.74, 6) is 2.08. The summed E-state index contributed by atoms with van der Waals surface area (Å²) in [6, 6.07) is 14.6. The molecule has 2 fully saturated rings. The minimum absolute atomic E-state index is 0.0185. The lowest BCUT2D eigenvalue weighted by molar-refractivity contribution is -0.113. The molecule has 156 valence electrons. The Morgan fingerprint density at radius 2 is 1.83 bits per heavy atom. The van der Waals surface area contributed by atoms with Crippen molar-refractivity contribution in [2.24, 2.45) is 5.92 Å². The first-order valence-electron chi connectivity index (χ1n) is 10.8. The van der Waals surface area contributed by atoms with Crippen LogP contribution in [0.25, 0.3) is 10.8 Å². The first kappa shape index (κ1) is 19.4. The molecule has 1 aromatic heterocycles.